The van der Waals surface area contributed by atoms with Gasteiger partial charge in [-0.15, -0.1) is 0 Å². The van der Waals surface area contributed by atoms with Crippen LogP contribution >= 0.6 is 0 Å². The molecule has 5 nitrogen and oxygen atoms in total. The summed E-state index contributed by atoms with van der Waals surface area (Å²) in [6.45, 7) is 4.08. The molecule has 3 rings (SSSR count). The molecule has 0 amide bonds. The average molecular weight is 354 g/mol. The number of fused-ring (bicyclic) bond motifs is 1. The minimum atomic E-state index is -0.608. The maximum atomic E-state index is 12.9. The van der Waals surface area contributed by atoms with Crippen molar-refractivity contribution in [3.8, 4) is 23.0 Å². The molecule has 1 atom stereocenters. The van der Waals surface area contributed by atoms with Crippen molar-refractivity contribution in [3.63, 3.8) is 0 Å². The summed E-state index contributed by atoms with van der Waals surface area (Å²) >= 11 is 0. The second kappa shape index (κ2) is 7.12. The number of Topliss-reactive ketones (excluding diaryl/α,β-unsaturated/α-hetero) is 1. The van der Waals surface area contributed by atoms with Gasteiger partial charge in [-0.3, -0.25) is 4.79 Å². The molecule has 2 aromatic carbocycles. The summed E-state index contributed by atoms with van der Waals surface area (Å²) in [5.41, 5.74) is 2.70. The van der Waals surface area contributed by atoms with Crippen LogP contribution in [0.1, 0.15) is 41.3 Å². The second-order valence-electron chi connectivity index (χ2n) is 6.58. The van der Waals surface area contributed by atoms with Crippen molar-refractivity contribution in [2.24, 2.45) is 0 Å². The number of carbonyl (C=O) groups excluding carboxylic acids is 1. The first-order chi connectivity index (χ1) is 12.4. The highest BCUT2D eigenvalue weighted by Gasteiger charge is 2.33. The van der Waals surface area contributed by atoms with E-state index >= 15 is 0 Å². The van der Waals surface area contributed by atoms with Crippen LogP contribution in [0.15, 0.2) is 42.0 Å². The summed E-state index contributed by atoms with van der Waals surface area (Å²) in [6.07, 6.45) is 2.51. The molecule has 0 bridgehead atoms. The van der Waals surface area contributed by atoms with E-state index in [0.717, 1.165) is 5.57 Å². The van der Waals surface area contributed by atoms with Gasteiger partial charge in [0.15, 0.2) is 5.78 Å². The first-order valence-corrected chi connectivity index (χ1v) is 8.44. The predicted molar refractivity (Wildman–Crippen MR) is 98.5 cm³/mol. The highest BCUT2D eigenvalue weighted by molar-refractivity contribution is 6.04. The Kier molecular flexibility index (Phi) is 4.89. The van der Waals surface area contributed by atoms with E-state index in [1.807, 2.05) is 19.9 Å². The molecule has 1 aliphatic heterocycles. The SMILES string of the molecule is COc1ccc(C2COc3cc(O)ccc3C2=O)c(O)c1CC=C(C)C. The molecule has 0 fully saturated rings. The molecule has 5 heteroatoms. The molecule has 2 aromatic rings. The molecule has 1 unspecified atom stereocenters. The summed E-state index contributed by atoms with van der Waals surface area (Å²) in [5.74, 6) is 0.308. The third-order valence-electron chi connectivity index (χ3n) is 4.53. The minimum Gasteiger partial charge on any atom is -0.508 e. The summed E-state index contributed by atoms with van der Waals surface area (Å²) in [5, 5.41) is 20.4. The van der Waals surface area contributed by atoms with Gasteiger partial charge in [-0.1, -0.05) is 17.7 Å². The van der Waals surface area contributed by atoms with E-state index in [1.165, 1.54) is 12.1 Å². The van der Waals surface area contributed by atoms with Gasteiger partial charge in [0.1, 0.15) is 29.6 Å². The number of hydrogen-bond donors (Lipinski definition) is 2. The normalized spacial score (nSPS) is 15.8. The smallest absolute Gasteiger partial charge is 0.177 e. The molecule has 0 radical (unpaired) electrons. The monoisotopic (exact) mass is 354 g/mol. The number of allylic oxidation sites excluding steroid dienone is 2. The van der Waals surface area contributed by atoms with Crippen LogP contribution in [0.2, 0.25) is 0 Å². The number of rotatable bonds is 4. The molecular weight excluding hydrogens is 332 g/mol. The Hall–Kier alpha value is -2.95. The van der Waals surface area contributed by atoms with Gasteiger partial charge in [0.25, 0.3) is 0 Å². The summed E-state index contributed by atoms with van der Waals surface area (Å²) in [7, 11) is 1.55. The molecule has 0 aromatic heterocycles. The van der Waals surface area contributed by atoms with Crippen molar-refractivity contribution in [3.05, 3.63) is 58.7 Å². The zero-order valence-corrected chi connectivity index (χ0v) is 15.1. The van der Waals surface area contributed by atoms with E-state index in [1.54, 1.807) is 25.3 Å². The van der Waals surface area contributed by atoms with Crippen LogP contribution in [0.4, 0.5) is 0 Å². The lowest BCUT2D eigenvalue weighted by Crippen LogP contribution is -2.26. The molecule has 2 N–H and O–H groups in total. The van der Waals surface area contributed by atoms with E-state index in [9.17, 15) is 15.0 Å². The first kappa shape index (κ1) is 17.9. The molecule has 1 heterocycles. The standard InChI is InChI=1S/C21H22O5/c1-12(2)4-6-15-18(25-3)9-8-14(20(15)23)17-11-26-19-10-13(22)5-7-16(19)21(17)24/h4-5,7-10,17,22-23H,6,11H2,1-3H3. The van der Waals surface area contributed by atoms with Crippen LogP contribution in [0.25, 0.3) is 0 Å². The zero-order valence-electron chi connectivity index (χ0n) is 15.1. The highest BCUT2D eigenvalue weighted by atomic mass is 16.5. The van der Waals surface area contributed by atoms with Crippen molar-refractivity contribution in [2.45, 2.75) is 26.2 Å². The third kappa shape index (κ3) is 3.25. The first-order valence-electron chi connectivity index (χ1n) is 8.44. The topological polar surface area (TPSA) is 76.0 Å². The van der Waals surface area contributed by atoms with Gasteiger partial charge in [-0.05, 0) is 38.5 Å². The van der Waals surface area contributed by atoms with Gasteiger partial charge in [-0.2, -0.15) is 0 Å². The minimum absolute atomic E-state index is 0.0475. The van der Waals surface area contributed by atoms with Gasteiger partial charge in [0, 0.05) is 17.2 Å². The lowest BCUT2D eigenvalue weighted by Gasteiger charge is -2.26. The maximum absolute atomic E-state index is 12.9. The average Bonchev–Trinajstić information content (AvgIpc) is 2.61. The van der Waals surface area contributed by atoms with Crippen LogP contribution in [0.3, 0.4) is 0 Å². The number of ketones is 1. The Morgan fingerprint density at radius 2 is 2.04 bits per heavy atom. The molecule has 0 saturated heterocycles. The number of carbonyl (C=O) groups is 1. The number of aromatic hydroxyl groups is 2. The van der Waals surface area contributed by atoms with E-state index in [2.05, 4.69) is 0 Å². The van der Waals surface area contributed by atoms with Gasteiger partial charge >= 0.3 is 0 Å². The quantitative estimate of drug-likeness (QED) is 0.813. The molecule has 1 aliphatic rings. The van der Waals surface area contributed by atoms with Crippen LogP contribution in [-0.4, -0.2) is 29.7 Å². The van der Waals surface area contributed by atoms with Gasteiger partial charge in [0.2, 0.25) is 0 Å². The van der Waals surface area contributed by atoms with Crippen LogP contribution < -0.4 is 9.47 Å². The van der Waals surface area contributed by atoms with Gasteiger partial charge < -0.3 is 19.7 Å². The fourth-order valence-corrected chi connectivity index (χ4v) is 3.11. The van der Waals surface area contributed by atoms with Gasteiger partial charge in [-0.25, -0.2) is 0 Å². The zero-order chi connectivity index (χ0) is 18.8. The van der Waals surface area contributed by atoms with Crippen LogP contribution in [0.5, 0.6) is 23.0 Å². The Morgan fingerprint density at radius 1 is 1.27 bits per heavy atom. The largest absolute Gasteiger partial charge is 0.508 e. The molecular formula is C21H22O5. The number of phenolic OH excluding ortho intramolecular Hbond substituents is 2. The highest BCUT2D eigenvalue weighted by Crippen LogP contribution is 2.41. The number of methoxy groups -OCH3 is 1. The Morgan fingerprint density at radius 3 is 2.73 bits per heavy atom. The number of benzene rings is 2. The molecule has 136 valence electrons. The van der Waals surface area contributed by atoms with Crippen molar-refractivity contribution in [1.82, 2.24) is 0 Å². The van der Waals surface area contributed by atoms with Gasteiger partial charge in [0.05, 0.1) is 18.6 Å². The van der Waals surface area contributed by atoms with E-state index in [-0.39, 0.29) is 23.9 Å². The van der Waals surface area contributed by atoms with E-state index < -0.39 is 5.92 Å². The lowest BCUT2D eigenvalue weighted by molar-refractivity contribution is 0.0894. The van der Waals surface area contributed by atoms with Crippen LogP contribution in [-0.2, 0) is 6.42 Å². The number of hydrogen-bond acceptors (Lipinski definition) is 5. The van der Waals surface area contributed by atoms with Crippen molar-refractivity contribution in [1.29, 1.82) is 0 Å². The maximum Gasteiger partial charge on any atom is 0.177 e. The Bertz CT molecular complexity index is 878. The summed E-state index contributed by atoms with van der Waals surface area (Å²) in [4.78, 5) is 12.9. The van der Waals surface area contributed by atoms with Crippen LogP contribution in [0, 0.1) is 0 Å². The molecule has 0 aliphatic carbocycles. The predicted octanol–water partition coefficient (Wildman–Crippen LogP) is 3.97. The molecule has 0 saturated carbocycles. The lowest BCUT2D eigenvalue weighted by atomic mass is 9.87. The molecule has 0 spiro atoms. The van der Waals surface area contributed by atoms with Crippen molar-refractivity contribution >= 4 is 5.78 Å². The van der Waals surface area contributed by atoms with Crippen molar-refractivity contribution < 1.29 is 24.5 Å². The Balaban J connectivity index is 2.02. The summed E-state index contributed by atoms with van der Waals surface area (Å²) in [6, 6.07) is 7.90. The number of phenols is 2. The van der Waals surface area contributed by atoms with E-state index in [4.69, 9.17) is 9.47 Å². The number of ether oxygens (including phenoxy) is 2. The van der Waals surface area contributed by atoms with Crippen molar-refractivity contribution in [2.75, 3.05) is 13.7 Å². The second-order valence-corrected chi connectivity index (χ2v) is 6.58. The third-order valence-corrected chi connectivity index (χ3v) is 4.53. The fraction of sp³-hybridized carbons (Fsp3) is 0.286. The summed E-state index contributed by atoms with van der Waals surface area (Å²) < 4.78 is 11.0. The molecule has 26 heavy (non-hydrogen) atoms. The Labute approximate surface area is 152 Å². The van der Waals surface area contributed by atoms with E-state index in [0.29, 0.717) is 34.6 Å². The fourth-order valence-electron chi connectivity index (χ4n) is 3.11.